The van der Waals surface area contributed by atoms with Gasteiger partial charge in [0.15, 0.2) is 0 Å². The zero-order valence-electron chi connectivity index (χ0n) is 10.5. The Labute approximate surface area is 114 Å². The van der Waals surface area contributed by atoms with Crippen LogP contribution in [-0.2, 0) is 20.4 Å². The van der Waals surface area contributed by atoms with Crippen LogP contribution in [0.15, 0.2) is 23.1 Å². The van der Waals surface area contributed by atoms with E-state index in [1.165, 1.54) is 12.1 Å². The highest BCUT2D eigenvalue weighted by molar-refractivity contribution is 7.79. The van der Waals surface area contributed by atoms with Gasteiger partial charge in [0.2, 0.25) is 0 Å². The molecule has 2 rings (SSSR count). The largest absolute Gasteiger partial charge is 0.768 e. The van der Waals surface area contributed by atoms with Gasteiger partial charge in [0.25, 0.3) is 0 Å². The van der Waals surface area contributed by atoms with Gasteiger partial charge in [0.05, 0.1) is 0 Å². The van der Waals surface area contributed by atoms with Crippen molar-refractivity contribution in [2.75, 3.05) is 33.4 Å². The molecule has 0 aliphatic carbocycles. The Hall–Kier alpha value is -0.795. The second-order valence-electron chi connectivity index (χ2n) is 4.29. The molecular weight excluding hydrogens is 272 g/mol. The Kier molecular flexibility index (Phi) is 5.06. The average Bonchev–Trinajstić information content (AvgIpc) is 2.34. The first kappa shape index (κ1) is 14.6. The molecule has 1 unspecified atom stereocenters. The fourth-order valence-electron chi connectivity index (χ4n) is 1.77. The first-order valence-corrected chi connectivity index (χ1v) is 6.96. The molecule has 1 saturated heterocycles. The molecule has 8 heteroatoms. The summed E-state index contributed by atoms with van der Waals surface area (Å²) >= 11 is -2.44. The van der Waals surface area contributed by atoms with Crippen LogP contribution in [-0.4, -0.2) is 54.1 Å². The fourth-order valence-corrected chi connectivity index (χ4v) is 2.15. The number of hydrogen-bond donors (Lipinski definition) is 0. The van der Waals surface area contributed by atoms with Crippen molar-refractivity contribution in [1.82, 2.24) is 4.90 Å². The Bertz CT molecular complexity index is 466. The Balaban J connectivity index is 2.14. The number of benzene rings is 1. The number of halogens is 1. The van der Waals surface area contributed by atoms with Crippen LogP contribution in [0.1, 0.15) is 0 Å². The third-order valence-electron chi connectivity index (χ3n) is 2.90. The van der Waals surface area contributed by atoms with Gasteiger partial charge < -0.3 is 18.8 Å². The Morgan fingerprint density at radius 1 is 1.37 bits per heavy atom. The lowest BCUT2D eigenvalue weighted by Gasteiger charge is -2.24. The molecule has 1 aliphatic heterocycles. The van der Waals surface area contributed by atoms with Crippen LogP contribution in [0, 0.1) is 5.82 Å². The maximum Gasteiger partial charge on any atom is 0.496 e. The molecule has 0 saturated carbocycles. The van der Waals surface area contributed by atoms with Crippen molar-refractivity contribution >= 4 is 23.7 Å². The van der Waals surface area contributed by atoms with Gasteiger partial charge in [0, 0.05) is 36.7 Å². The lowest BCUT2D eigenvalue weighted by Crippen LogP contribution is -2.44. The van der Waals surface area contributed by atoms with Gasteiger partial charge in [0.1, 0.15) is 5.82 Å². The van der Waals surface area contributed by atoms with Crippen LogP contribution < -0.4 is 5.46 Å². The van der Waals surface area contributed by atoms with Gasteiger partial charge in [-0.15, -0.1) is 0 Å². The van der Waals surface area contributed by atoms with Crippen LogP contribution in [0.5, 0.6) is 0 Å². The predicted octanol–water partition coefficient (Wildman–Crippen LogP) is -0.263. The van der Waals surface area contributed by atoms with Crippen LogP contribution >= 0.6 is 0 Å². The molecule has 0 amide bonds. The first-order chi connectivity index (χ1) is 9.08. The molecule has 19 heavy (non-hydrogen) atoms. The van der Waals surface area contributed by atoms with Crippen molar-refractivity contribution in [3.05, 3.63) is 24.0 Å². The molecule has 0 N–H and O–H groups in total. The number of rotatable bonds is 2. The number of hydrogen-bond acceptors (Lipinski definition) is 5. The molecule has 1 atom stereocenters. The molecule has 1 aromatic rings. The highest BCUT2D eigenvalue weighted by Gasteiger charge is 2.26. The van der Waals surface area contributed by atoms with Gasteiger partial charge in [-0.05, 0) is 30.3 Å². The van der Waals surface area contributed by atoms with Crippen LogP contribution in [0.25, 0.3) is 0 Å². The summed E-state index contributed by atoms with van der Waals surface area (Å²) in [5.41, 5.74) is 0.221. The monoisotopic (exact) mass is 286 g/mol. The summed E-state index contributed by atoms with van der Waals surface area (Å²) in [5.74, 6) is -0.638. The topological polar surface area (TPSA) is 61.8 Å². The quantitative estimate of drug-likeness (QED) is 0.553. The van der Waals surface area contributed by atoms with E-state index in [4.69, 9.17) is 9.31 Å². The molecule has 0 aromatic heterocycles. The van der Waals surface area contributed by atoms with E-state index in [1.54, 1.807) is 0 Å². The summed E-state index contributed by atoms with van der Waals surface area (Å²) < 4.78 is 46.3. The van der Waals surface area contributed by atoms with Gasteiger partial charge >= 0.3 is 7.12 Å². The summed E-state index contributed by atoms with van der Waals surface area (Å²) in [4.78, 5) is 1.96. The van der Waals surface area contributed by atoms with Crippen LogP contribution in [0.3, 0.4) is 0 Å². The van der Waals surface area contributed by atoms with E-state index in [1.807, 2.05) is 7.05 Å². The van der Waals surface area contributed by atoms with E-state index in [0.29, 0.717) is 13.2 Å². The minimum atomic E-state index is -2.44. The number of likely N-dealkylation sites (N-methyl/N-ethyl adjacent to an activating group) is 1. The summed E-state index contributed by atoms with van der Waals surface area (Å²) in [6.07, 6.45) is 0. The Morgan fingerprint density at radius 2 is 2.00 bits per heavy atom. The molecule has 0 spiro atoms. The zero-order valence-corrected chi connectivity index (χ0v) is 11.3. The van der Waals surface area contributed by atoms with E-state index < -0.39 is 24.0 Å². The van der Waals surface area contributed by atoms with Crippen molar-refractivity contribution in [3.8, 4) is 0 Å². The second kappa shape index (κ2) is 6.58. The van der Waals surface area contributed by atoms with Gasteiger partial charge in [-0.3, -0.25) is 4.21 Å². The van der Waals surface area contributed by atoms with Gasteiger partial charge in [-0.2, -0.15) is 0 Å². The molecule has 0 radical (unpaired) electrons. The Morgan fingerprint density at radius 3 is 2.53 bits per heavy atom. The number of nitrogens with zero attached hydrogens (tertiary/aromatic N) is 1. The SMILES string of the molecule is CN1CCOB(c2ccc(S(=O)[O-])cc2F)OCC1. The van der Waals surface area contributed by atoms with Crippen LogP contribution in [0.2, 0.25) is 0 Å². The predicted molar refractivity (Wildman–Crippen MR) is 68.4 cm³/mol. The first-order valence-electron chi connectivity index (χ1n) is 5.88. The van der Waals surface area contributed by atoms with Crippen LogP contribution in [0.4, 0.5) is 4.39 Å². The summed E-state index contributed by atoms with van der Waals surface area (Å²) in [6, 6.07) is 3.69. The third kappa shape index (κ3) is 3.84. The van der Waals surface area contributed by atoms with E-state index >= 15 is 0 Å². The smallest absolute Gasteiger partial charge is 0.496 e. The summed E-state index contributed by atoms with van der Waals surface area (Å²) in [5, 5.41) is 0. The second-order valence-corrected chi connectivity index (χ2v) is 5.24. The van der Waals surface area contributed by atoms with E-state index in [-0.39, 0.29) is 10.4 Å². The molecule has 104 valence electrons. The fraction of sp³-hybridized carbons (Fsp3) is 0.455. The van der Waals surface area contributed by atoms with E-state index in [2.05, 4.69) is 4.90 Å². The maximum atomic E-state index is 13.9. The van der Waals surface area contributed by atoms with Crippen molar-refractivity contribution in [3.63, 3.8) is 0 Å². The third-order valence-corrected chi connectivity index (χ3v) is 3.54. The highest BCUT2D eigenvalue weighted by atomic mass is 32.2. The van der Waals surface area contributed by atoms with Crippen molar-refractivity contribution in [1.29, 1.82) is 0 Å². The van der Waals surface area contributed by atoms with Gasteiger partial charge in [-0.1, -0.05) is 6.07 Å². The summed E-state index contributed by atoms with van der Waals surface area (Å²) in [7, 11) is 1.16. The van der Waals surface area contributed by atoms with Crippen molar-refractivity contribution < 1.29 is 22.5 Å². The van der Waals surface area contributed by atoms with Crippen molar-refractivity contribution in [2.24, 2.45) is 0 Å². The molecular formula is C11H14BFNO4S-. The molecule has 5 nitrogen and oxygen atoms in total. The lowest BCUT2D eigenvalue weighted by molar-refractivity contribution is 0.131. The van der Waals surface area contributed by atoms with Gasteiger partial charge in [-0.25, -0.2) is 4.39 Å². The molecule has 1 aliphatic rings. The standard InChI is InChI=1S/C11H15BFNO4S/c1-14-4-6-17-12(18-7-5-14)10-3-2-9(19(15)16)8-11(10)13/h2-3,8H,4-7H2,1H3,(H,15,16)/p-1. The normalized spacial score (nSPS) is 19.8. The zero-order chi connectivity index (χ0) is 13.8. The minimum absolute atomic E-state index is 0.0909. The molecule has 1 aromatic carbocycles. The highest BCUT2D eigenvalue weighted by Crippen LogP contribution is 2.08. The molecule has 0 bridgehead atoms. The summed E-state index contributed by atoms with van der Waals surface area (Å²) in [6.45, 7) is 2.33. The van der Waals surface area contributed by atoms with E-state index in [9.17, 15) is 13.2 Å². The minimum Gasteiger partial charge on any atom is -0.768 e. The molecule has 1 fully saturated rings. The molecule has 1 heterocycles. The van der Waals surface area contributed by atoms with Crippen molar-refractivity contribution in [2.45, 2.75) is 4.90 Å². The average molecular weight is 286 g/mol. The maximum absolute atomic E-state index is 13.9. The van der Waals surface area contributed by atoms with E-state index in [0.717, 1.165) is 19.2 Å². The lowest BCUT2D eigenvalue weighted by atomic mass is 9.78.